The van der Waals surface area contributed by atoms with E-state index >= 15 is 0 Å². The number of benzene rings is 1. The van der Waals surface area contributed by atoms with Crippen molar-refractivity contribution in [3.8, 4) is 5.75 Å². The van der Waals surface area contributed by atoms with E-state index in [1.807, 2.05) is 22.6 Å². The predicted octanol–water partition coefficient (Wildman–Crippen LogP) is 3.20. The smallest absolute Gasteiger partial charge is 0.137 e. The van der Waals surface area contributed by atoms with Crippen molar-refractivity contribution in [2.24, 2.45) is 0 Å². The summed E-state index contributed by atoms with van der Waals surface area (Å²) in [5.74, 6) is 0.411. The molecule has 0 saturated carbocycles. The monoisotopic (exact) mass is 330 g/mol. The molecule has 0 aliphatic carbocycles. The lowest BCUT2D eigenvalue weighted by Gasteiger charge is -2.04. The minimum absolute atomic E-state index is 0.238. The molecule has 1 rings (SSSR count). The highest BCUT2D eigenvalue weighted by Crippen LogP contribution is 2.31. The molecule has 0 radical (unpaired) electrons. The van der Waals surface area contributed by atoms with Crippen LogP contribution in [0.5, 0.6) is 5.75 Å². The SMILES string of the molecule is COc1ccc(F)c(I)c1Br. The molecular formula is C7H5BrFIO. The van der Waals surface area contributed by atoms with E-state index in [-0.39, 0.29) is 5.82 Å². The van der Waals surface area contributed by atoms with Crippen molar-refractivity contribution < 1.29 is 9.13 Å². The fourth-order valence-corrected chi connectivity index (χ4v) is 1.59. The van der Waals surface area contributed by atoms with Crippen LogP contribution in [-0.4, -0.2) is 7.11 Å². The van der Waals surface area contributed by atoms with Crippen molar-refractivity contribution in [1.29, 1.82) is 0 Å². The highest BCUT2D eigenvalue weighted by Gasteiger charge is 2.07. The zero-order valence-electron chi connectivity index (χ0n) is 5.70. The van der Waals surface area contributed by atoms with Crippen LogP contribution < -0.4 is 4.74 Å². The van der Waals surface area contributed by atoms with Gasteiger partial charge in [0, 0.05) is 0 Å². The van der Waals surface area contributed by atoms with Gasteiger partial charge in [0.15, 0.2) is 0 Å². The molecule has 1 aromatic carbocycles. The normalized spacial score (nSPS) is 9.82. The summed E-state index contributed by atoms with van der Waals surface area (Å²) in [7, 11) is 1.55. The van der Waals surface area contributed by atoms with Crippen molar-refractivity contribution in [2.45, 2.75) is 0 Å². The summed E-state index contributed by atoms with van der Waals surface area (Å²) in [6, 6.07) is 2.97. The first-order valence-electron chi connectivity index (χ1n) is 2.84. The molecule has 0 aliphatic heterocycles. The van der Waals surface area contributed by atoms with Crippen molar-refractivity contribution >= 4 is 38.5 Å². The molecule has 4 heteroatoms. The molecule has 0 atom stereocenters. The summed E-state index contributed by atoms with van der Waals surface area (Å²) in [4.78, 5) is 0. The largest absolute Gasteiger partial charge is 0.496 e. The third-order valence-electron chi connectivity index (χ3n) is 1.22. The van der Waals surface area contributed by atoms with Gasteiger partial charge in [0.2, 0.25) is 0 Å². The highest BCUT2D eigenvalue weighted by atomic mass is 127. The van der Waals surface area contributed by atoms with Crippen molar-refractivity contribution in [2.75, 3.05) is 7.11 Å². The quantitative estimate of drug-likeness (QED) is 0.567. The molecule has 0 fully saturated rings. The van der Waals surface area contributed by atoms with E-state index in [1.54, 1.807) is 13.2 Å². The zero-order chi connectivity index (χ0) is 8.43. The van der Waals surface area contributed by atoms with Gasteiger partial charge in [-0.15, -0.1) is 0 Å². The zero-order valence-corrected chi connectivity index (χ0v) is 9.44. The maximum Gasteiger partial charge on any atom is 0.137 e. The van der Waals surface area contributed by atoms with Gasteiger partial charge in [0.25, 0.3) is 0 Å². The molecule has 0 aromatic heterocycles. The van der Waals surface area contributed by atoms with E-state index < -0.39 is 0 Å². The molecule has 0 aliphatic rings. The molecule has 0 heterocycles. The van der Waals surface area contributed by atoms with Gasteiger partial charge in [-0.1, -0.05) is 0 Å². The minimum atomic E-state index is -0.238. The van der Waals surface area contributed by atoms with E-state index in [1.165, 1.54) is 6.07 Å². The van der Waals surface area contributed by atoms with Crippen molar-refractivity contribution in [3.05, 3.63) is 26.0 Å². The third kappa shape index (κ3) is 1.84. The predicted molar refractivity (Wildman–Crippen MR) is 53.4 cm³/mol. The van der Waals surface area contributed by atoms with Gasteiger partial charge in [0.1, 0.15) is 11.6 Å². The molecule has 11 heavy (non-hydrogen) atoms. The Kier molecular flexibility index (Phi) is 3.12. The number of ether oxygens (including phenoxy) is 1. The topological polar surface area (TPSA) is 9.23 Å². The first kappa shape index (κ1) is 9.25. The minimum Gasteiger partial charge on any atom is -0.496 e. The number of rotatable bonds is 1. The fraction of sp³-hybridized carbons (Fsp3) is 0.143. The van der Waals surface area contributed by atoms with Crippen LogP contribution in [0.4, 0.5) is 4.39 Å². The van der Waals surface area contributed by atoms with E-state index in [0.717, 1.165) is 0 Å². The Morgan fingerprint density at radius 3 is 2.73 bits per heavy atom. The lowest BCUT2D eigenvalue weighted by molar-refractivity contribution is 0.410. The lowest BCUT2D eigenvalue weighted by Crippen LogP contribution is -1.89. The average Bonchev–Trinajstić information content (AvgIpc) is 2.01. The summed E-state index contributed by atoms with van der Waals surface area (Å²) in [5.41, 5.74) is 0. The Balaban J connectivity index is 3.25. The Morgan fingerprint density at radius 2 is 2.18 bits per heavy atom. The van der Waals surface area contributed by atoms with Gasteiger partial charge in [-0.2, -0.15) is 0 Å². The maximum atomic E-state index is 12.8. The van der Waals surface area contributed by atoms with Crippen molar-refractivity contribution in [3.63, 3.8) is 0 Å². The second-order valence-corrected chi connectivity index (χ2v) is 3.75. The maximum absolute atomic E-state index is 12.8. The number of halogens is 3. The molecule has 0 unspecified atom stereocenters. The number of hydrogen-bond donors (Lipinski definition) is 0. The third-order valence-corrected chi connectivity index (χ3v) is 3.80. The lowest BCUT2D eigenvalue weighted by atomic mass is 10.3. The average molecular weight is 331 g/mol. The Labute approximate surface area is 86.2 Å². The van der Waals surface area contributed by atoms with Gasteiger partial charge < -0.3 is 4.74 Å². The summed E-state index contributed by atoms with van der Waals surface area (Å²) in [5, 5.41) is 0. The molecule has 0 bridgehead atoms. The van der Waals surface area contributed by atoms with Crippen LogP contribution in [0.1, 0.15) is 0 Å². The first-order chi connectivity index (χ1) is 5.16. The molecule has 0 saturated heterocycles. The first-order valence-corrected chi connectivity index (χ1v) is 4.71. The van der Waals surface area contributed by atoms with Gasteiger partial charge in [-0.3, -0.25) is 0 Å². The van der Waals surface area contributed by atoms with Gasteiger partial charge in [-0.25, -0.2) is 4.39 Å². The Morgan fingerprint density at radius 1 is 1.55 bits per heavy atom. The fourth-order valence-electron chi connectivity index (χ4n) is 0.666. The number of methoxy groups -OCH3 is 1. The van der Waals surface area contributed by atoms with Crippen LogP contribution in [0.15, 0.2) is 16.6 Å². The van der Waals surface area contributed by atoms with Crippen LogP contribution in [-0.2, 0) is 0 Å². The summed E-state index contributed by atoms with van der Waals surface area (Å²) in [6.45, 7) is 0. The summed E-state index contributed by atoms with van der Waals surface area (Å²) in [6.07, 6.45) is 0. The molecule has 0 spiro atoms. The highest BCUT2D eigenvalue weighted by molar-refractivity contribution is 14.1. The molecule has 0 amide bonds. The van der Waals surface area contributed by atoms with Gasteiger partial charge >= 0.3 is 0 Å². The van der Waals surface area contributed by atoms with Gasteiger partial charge in [0.05, 0.1) is 15.2 Å². The number of hydrogen-bond acceptors (Lipinski definition) is 1. The van der Waals surface area contributed by atoms with E-state index in [9.17, 15) is 4.39 Å². The Bertz CT molecular complexity index is 277. The molecular weight excluding hydrogens is 326 g/mol. The second-order valence-electron chi connectivity index (χ2n) is 1.88. The van der Waals surface area contributed by atoms with Crippen LogP contribution >= 0.6 is 38.5 Å². The van der Waals surface area contributed by atoms with E-state index in [2.05, 4.69) is 15.9 Å². The van der Waals surface area contributed by atoms with Crippen molar-refractivity contribution in [1.82, 2.24) is 0 Å². The summed E-state index contributed by atoms with van der Waals surface area (Å²) >= 11 is 5.13. The van der Waals surface area contributed by atoms with E-state index in [0.29, 0.717) is 13.8 Å². The molecule has 0 N–H and O–H groups in total. The molecule has 1 nitrogen and oxygen atoms in total. The second kappa shape index (κ2) is 3.71. The van der Waals surface area contributed by atoms with Crippen LogP contribution in [0.3, 0.4) is 0 Å². The van der Waals surface area contributed by atoms with Crippen LogP contribution in [0, 0.1) is 9.39 Å². The van der Waals surface area contributed by atoms with Gasteiger partial charge in [-0.05, 0) is 50.7 Å². The summed E-state index contributed by atoms with van der Waals surface area (Å²) < 4.78 is 19.0. The molecule has 1 aromatic rings. The van der Waals surface area contributed by atoms with Crippen LogP contribution in [0.25, 0.3) is 0 Å². The standard InChI is InChI=1S/C7H5BrFIO/c1-11-5-3-2-4(9)7(10)6(5)8/h2-3H,1H3. The van der Waals surface area contributed by atoms with E-state index in [4.69, 9.17) is 4.74 Å². The van der Waals surface area contributed by atoms with Crippen LogP contribution in [0.2, 0.25) is 0 Å². The molecule has 60 valence electrons. The Hall–Kier alpha value is 0.160.